The van der Waals surface area contributed by atoms with Gasteiger partial charge in [0.05, 0.1) is 4.91 Å². The lowest BCUT2D eigenvalue weighted by molar-refractivity contribution is -0.122. The molecule has 3 amide bonds. The van der Waals surface area contributed by atoms with Crippen molar-refractivity contribution in [2.45, 2.75) is 0 Å². The van der Waals surface area contributed by atoms with E-state index >= 15 is 0 Å². The lowest BCUT2D eigenvalue weighted by Crippen LogP contribution is -2.37. The van der Waals surface area contributed by atoms with Crippen molar-refractivity contribution in [3.05, 3.63) is 88.6 Å². The van der Waals surface area contributed by atoms with E-state index in [1.807, 2.05) is 36.4 Å². The van der Waals surface area contributed by atoms with Gasteiger partial charge < -0.3 is 5.32 Å². The zero-order valence-electron chi connectivity index (χ0n) is 15.8. The van der Waals surface area contributed by atoms with Crippen molar-refractivity contribution >= 4 is 45.7 Å². The number of thioether (sulfide) groups is 1. The number of hydrogen-bond acceptors (Lipinski definition) is 4. The van der Waals surface area contributed by atoms with Crippen molar-refractivity contribution in [2.24, 2.45) is 0 Å². The molecule has 7 heteroatoms. The average Bonchev–Trinajstić information content (AvgIpc) is 3.02. The second kappa shape index (κ2) is 8.51. The number of rotatable bonds is 5. The third-order valence-electron chi connectivity index (χ3n) is 4.70. The summed E-state index contributed by atoms with van der Waals surface area (Å²) in [6, 6.07) is 18.7. The largest absolute Gasteiger partial charge is 0.350 e. The van der Waals surface area contributed by atoms with E-state index in [0.29, 0.717) is 11.1 Å². The van der Waals surface area contributed by atoms with Crippen LogP contribution in [0, 0.1) is 5.82 Å². The van der Waals surface area contributed by atoms with Crippen LogP contribution in [-0.4, -0.2) is 35.0 Å². The molecule has 5 nitrogen and oxygen atoms in total. The Kier molecular flexibility index (Phi) is 5.63. The standard InChI is InChI=1S/C23H17FN2O3S/c24-17-10-8-15(9-11-17)14-20-22(28)26(23(29)30-20)13-12-25-21(27)19-7-3-5-16-4-1-2-6-18(16)19/h1-11,14H,12-13H2,(H,25,27)/b20-14-. The first-order valence-corrected chi connectivity index (χ1v) is 10.1. The summed E-state index contributed by atoms with van der Waals surface area (Å²) in [5, 5.41) is 4.18. The molecule has 1 saturated heterocycles. The quantitative estimate of drug-likeness (QED) is 0.620. The number of imide groups is 1. The number of nitrogens with zero attached hydrogens (tertiary/aromatic N) is 1. The first kappa shape index (κ1) is 19.8. The van der Waals surface area contributed by atoms with Gasteiger partial charge in [0.2, 0.25) is 0 Å². The summed E-state index contributed by atoms with van der Waals surface area (Å²) in [6.07, 6.45) is 1.55. The van der Waals surface area contributed by atoms with Crippen LogP contribution in [0.4, 0.5) is 9.18 Å². The summed E-state index contributed by atoms with van der Waals surface area (Å²) in [5.74, 6) is -1.06. The van der Waals surface area contributed by atoms with Crippen molar-refractivity contribution in [3.8, 4) is 0 Å². The van der Waals surface area contributed by atoms with Gasteiger partial charge in [0, 0.05) is 18.7 Å². The van der Waals surface area contributed by atoms with Crippen LogP contribution < -0.4 is 5.32 Å². The Morgan fingerprint density at radius 2 is 1.73 bits per heavy atom. The molecule has 0 aliphatic carbocycles. The Morgan fingerprint density at radius 1 is 1.00 bits per heavy atom. The van der Waals surface area contributed by atoms with Gasteiger partial charge in [-0.15, -0.1) is 0 Å². The van der Waals surface area contributed by atoms with Crippen molar-refractivity contribution in [1.29, 1.82) is 0 Å². The van der Waals surface area contributed by atoms with E-state index < -0.39 is 11.1 Å². The van der Waals surface area contributed by atoms with E-state index in [2.05, 4.69) is 5.32 Å². The maximum Gasteiger partial charge on any atom is 0.293 e. The molecule has 0 atom stereocenters. The number of halogens is 1. The van der Waals surface area contributed by atoms with Gasteiger partial charge in [-0.2, -0.15) is 0 Å². The van der Waals surface area contributed by atoms with E-state index in [9.17, 15) is 18.8 Å². The number of benzene rings is 3. The average molecular weight is 420 g/mol. The molecule has 1 aliphatic heterocycles. The van der Waals surface area contributed by atoms with Crippen molar-refractivity contribution < 1.29 is 18.8 Å². The summed E-state index contributed by atoms with van der Waals surface area (Å²) in [4.78, 5) is 38.7. The molecule has 4 rings (SSSR count). The van der Waals surface area contributed by atoms with Gasteiger partial charge in [-0.3, -0.25) is 19.3 Å². The Labute approximate surface area is 176 Å². The fourth-order valence-corrected chi connectivity index (χ4v) is 4.07. The molecule has 1 fully saturated rings. The molecule has 0 saturated carbocycles. The van der Waals surface area contributed by atoms with E-state index in [-0.39, 0.29) is 29.7 Å². The topological polar surface area (TPSA) is 66.5 Å². The van der Waals surface area contributed by atoms with Gasteiger partial charge in [0.15, 0.2) is 0 Å². The summed E-state index contributed by atoms with van der Waals surface area (Å²) >= 11 is 0.830. The summed E-state index contributed by atoms with van der Waals surface area (Å²) in [5.41, 5.74) is 1.17. The molecule has 150 valence electrons. The maximum atomic E-state index is 13.0. The third-order valence-corrected chi connectivity index (χ3v) is 5.60. The minimum absolute atomic E-state index is 0.0714. The highest BCUT2D eigenvalue weighted by Crippen LogP contribution is 2.31. The molecule has 0 unspecified atom stereocenters. The van der Waals surface area contributed by atoms with E-state index in [0.717, 1.165) is 27.4 Å². The number of nitrogens with one attached hydrogen (secondary N) is 1. The van der Waals surface area contributed by atoms with Crippen molar-refractivity contribution in [1.82, 2.24) is 10.2 Å². The molecule has 1 N–H and O–H groups in total. The Hall–Kier alpha value is -3.45. The third kappa shape index (κ3) is 4.11. The monoisotopic (exact) mass is 420 g/mol. The Bertz CT molecular complexity index is 1170. The molecule has 1 aliphatic rings. The van der Waals surface area contributed by atoms with Gasteiger partial charge in [-0.05, 0) is 52.4 Å². The highest BCUT2D eigenvalue weighted by atomic mass is 32.2. The maximum absolute atomic E-state index is 13.0. The minimum Gasteiger partial charge on any atom is -0.350 e. The molecule has 3 aromatic rings. The van der Waals surface area contributed by atoms with Crippen molar-refractivity contribution in [2.75, 3.05) is 13.1 Å². The predicted molar refractivity (Wildman–Crippen MR) is 115 cm³/mol. The fourth-order valence-electron chi connectivity index (χ4n) is 3.20. The highest BCUT2D eigenvalue weighted by molar-refractivity contribution is 8.18. The highest BCUT2D eigenvalue weighted by Gasteiger charge is 2.34. The predicted octanol–water partition coefficient (Wildman–Crippen LogP) is 4.45. The number of carbonyl (C=O) groups is 3. The molecular weight excluding hydrogens is 403 g/mol. The van der Waals surface area contributed by atoms with Crippen LogP contribution in [0.25, 0.3) is 16.8 Å². The summed E-state index contributed by atoms with van der Waals surface area (Å²) in [6.45, 7) is 0.214. The zero-order chi connectivity index (χ0) is 21.1. The number of carbonyl (C=O) groups excluding carboxylic acids is 3. The van der Waals surface area contributed by atoms with Crippen LogP contribution in [-0.2, 0) is 4.79 Å². The summed E-state index contributed by atoms with van der Waals surface area (Å²) in [7, 11) is 0. The second-order valence-electron chi connectivity index (χ2n) is 6.67. The SMILES string of the molecule is O=C(NCCN1C(=O)S/C(=C\c2ccc(F)cc2)C1=O)c1cccc2ccccc12. The smallest absolute Gasteiger partial charge is 0.293 e. The lowest BCUT2D eigenvalue weighted by Gasteiger charge is -2.13. The van der Waals surface area contributed by atoms with E-state index in [1.54, 1.807) is 12.1 Å². The molecule has 0 bridgehead atoms. The molecule has 0 aromatic heterocycles. The van der Waals surface area contributed by atoms with Crippen molar-refractivity contribution in [3.63, 3.8) is 0 Å². The molecule has 1 heterocycles. The lowest BCUT2D eigenvalue weighted by atomic mass is 10.0. The second-order valence-corrected chi connectivity index (χ2v) is 7.66. The van der Waals surface area contributed by atoms with Gasteiger partial charge in [0.25, 0.3) is 17.1 Å². The van der Waals surface area contributed by atoms with Crippen LogP contribution in [0.15, 0.2) is 71.6 Å². The fraction of sp³-hybridized carbons (Fsp3) is 0.0870. The van der Waals surface area contributed by atoms with Gasteiger partial charge in [-0.1, -0.05) is 48.5 Å². The first-order chi connectivity index (χ1) is 14.5. The normalized spacial score (nSPS) is 15.2. The molecule has 3 aromatic carbocycles. The van der Waals surface area contributed by atoms with Crippen LogP contribution in [0.1, 0.15) is 15.9 Å². The van der Waals surface area contributed by atoms with Gasteiger partial charge >= 0.3 is 0 Å². The first-order valence-electron chi connectivity index (χ1n) is 9.30. The van der Waals surface area contributed by atoms with Crippen LogP contribution in [0.5, 0.6) is 0 Å². The minimum atomic E-state index is -0.422. The Morgan fingerprint density at radius 3 is 2.53 bits per heavy atom. The number of fused-ring (bicyclic) bond motifs is 1. The van der Waals surface area contributed by atoms with E-state index in [1.165, 1.54) is 24.3 Å². The van der Waals surface area contributed by atoms with Gasteiger partial charge in [0.1, 0.15) is 5.82 Å². The molecule has 0 radical (unpaired) electrons. The van der Waals surface area contributed by atoms with Crippen LogP contribution >= 0.6 is 11.8 Å². The van der Waals surface area contributed by atoms with Crippen LogP contribution in [0.2, 0.25) is 0 Å². The molecule has 0 spiro atoms. The number of hydrogen-bond donors (Lipinski definition) is 1. The molecular formula is C23H17FN2O3S. The van der Waals surface area contributed by atoms with E-state index in [4.69, 9.17) is 0 Å². The Balaban J connectivity index is 1.40. The zero-order valence-corrected chi connectivity index (χ0v) is 16.6. The molecule has 30 heavy (non-hydrogen) atoms. The van der Waals surface area contributed by atoms with Crippen LogP contribution in [0.3, 0.4) is 0 Å². The number of amides is 3. The van der Waals surface area contributed by atoms with Gasteiger partial charge in [-0.25, -0.2) is 4.39 Å². The summed E-state index contributed by atoms with van der Waals surface area (Å²) < 4.78 is 13.0.